The Morgan fingerprint density at radius 1 is 0.925 bits per heavy atom. The number of hydrazone groups is 1. The van der Waals surface area contributed by atoms with Crippen molar-refractivity contribution in [1.82, 2.24) is 9.99 Å². The molecule has 1 heterocycles. The fraction of sp³-hybridized carbons (Fsp3) is 0.226. The maximum absolute atomic E-state index is 13.6. The summed E-state index contributed by atoms with van der Waals surface area (Å²) in [6.07, 6.45) is 1.58. The van der Waals surface area contributed by atoms with E-state index in [0.29, 0.717) is 5.02 Å². The molecule has 1 amide bonds. The van der Waals surface area contributed by atoms with Crippen molar-refractivity contribution >= 4 is 39.4 Å². The van der Waals surface area contributed by atoms with Crippen LogP contribution >= 0.6 is 11.6 Å². The third kappa shape index (κ3) is 5.98. The van der Waals surface area contributed by atoms with Crippen molar-refractivity contribution in [2.45, 2.75) is 46.4 Å². The molecular weight excluding hydrogens is 544 g/mol. The SMILES string of the molecule is Cc1ccc(S(=O)(=O)N(CC(=O)N/N=C\c2cc(C)n(-c3c(C)cccc3C)c2C)c2ccc(C)c(Cl)c2)cc1. The second-order valence-electron chi connectivity index (χ2n) is 9.95. The molecule has 9 heteroatoms. The number of halogens is 1. The number of para-hydroxylation sites is 1. The van der Waals surface area contributed by atoms with E-state index in [1.807, 2.05) is 39.8 Å². The van der Waals surface area contributed by atoms with E-state index >= 15 is 0 Å². The van der Waals surface area contributed by atoms with E-state index < -0.39 is 22.5 Å². The summed E-state index contributed by atoms with van der Waals surface area (Å²) in [5.74, 6) is -0.591. The van der Waals surface area contributed by atoms with E-state index in [2.05, 4.69) is 41.1 Å². The summed E-state index contributed by atoms with van der Waals surface area (Å²) < 4.78 is 30.4. The van der Waals surface area contributed by atoms with Gasteiger partial charge in [-0.3, -0.25) is 9.10 Å². The van der Waals surface area contributed by atoms with Gasteiger partial charge in [0.2, 0.25) is 0 Å². The number of amides is 1. The van der Waals surface area contributed by atoms with Gasteiger partial charge in [-0.2, -0.15) is 5.10 Å². The third-order valence-electron chi connectivity index (χ3n) is 6.87. The molecule has 0 aliphatic carbocycles. The van der Waals surface area contributed by atoms with Crippen molar-refractivity contribution < 1.29 is 13.2 Å². The smallest absolute Gasteiger partial charge is 0.264 e. The van der Waals surface area contributed by atoms with Crippen molar-refractivity contribution in [2.24, 2.45) is 5.10 Å². The highest BCUT2D eigenvalue weighted by atomic mass is 35.5. The van der Waals surface area contributed by atoms with E-state index in [1.54, 1.807) is 36.5 Å². The van der Waals surface area contributed by atoms with Gasteiger partial charge in [0.25, 0.3) is 15.9 Å². The van der Waals surface area contributed by atoms with Crippen LogP contribution in [0, 0.1) is 41.5 Å². The Bertz CT molecular complexity index is 1690. The molecule has 1 aromatic heterocycles. The molecule has 0 unspecified atom stereocenters. The minimum Gasteiger partial charge on any atom is -0.317 e. The molecule has 0 saturated carbocycles. The predicted octanol–water partition coefficient (Wildman–Crippen LogP) is 6.33. The average Bonchev–Trinajstić information content (AvgIpc) is 3.17. The predicted molar refractivity (Wildman–Crippen MR) is 162 cm³/mol. The Morgan fingerprint density at radius 2 is 1.57 bits per heavy atom. The number of nitrogens with zero attached hydrogens (tertiary/aromatic N) is 3. The van der Waals surface area contributed by atoms with E-state index in [0.717, 1.165) is 49.2 Å². The average molecular weight is 577 g/mol. The van der Waals surface area contributed by atoms with Gasteiger partial charge in [-0.05, 0) is 88.6 Å². The van der Waals surface area contributed by atoms with Gasteiger partial charge in [0.05, 0.1) is 22.5 Å². The highest BCUT2D eigenvalue weighted by Gasteiger charge is 2.27. The lowest BCUT2D eigenvalue weighted by molar-refractivity contribution is -0.119. The van der Waals surface area contributed by atoms with Crippen LogP contribution in [0.3, 0.4) is 0 Å². The first-order valence-electron chi connectivity index (χ1n) is 12.8. The largest absolute Gasteiger partial charge is 0.317 e. The first-order chi connectivity index (χ1) is 18.9. The third-order valence-corrected chi connectivity index (χ3v) is 9.06. The Kier molecular flexibility index (Phi) is 8.51. The van der Waals surface area contributed by atoms with Gasteiger partial charge in [0.1, 0.15) is 6.54 Å². The molecule has 0 saturated heterocycles. The van der Waals surface area contributed by atoms with Crippen LogP contribution < -0.4 is 9.73 Å². The highest BCUT2D eigenvalue weighted by Crippen LogP contribution is 2.28. The maximum Gasteiger partial charge on any atom is 0.264 e. The zero-order valence-corrected chi connectivity index (χ0v) is 25.1. The van der Waals surface area contributed by atoms with Gasteiger partial charge < -0.3 is 4.57 Å². The molecule has 1 N–H and O–H groups in total. The summed E-state index contributed by atoms with van der Waals surface area (Å²) in [7, 11) is -4.06. The molecule has 40 heavy (non-hydrogen) atoms. The summed E-state index contributed by atoms with van der Waals surface area (Å²) in [5, 5.41) is 4.56. The number of carbonyl (C=O) groups excluding carboxylic acids is 1. The molecule has 7 nitrogen and oxygen atoms in total. The molecule has 0 bridgehead atoms. The first kappa shape index (κ1) is 29.1. The van der Waals surface area contributed by atoms with Crippen molar-refractivity contribution in [2.75, 3.05) is 10.8 Å². The number of carbonyl (C=O) groups is 1. The maximum atomic E-state index is 13.6. The fourth-order valence-electron chi connectivity index (χ4n) is 4.65. The molecule has 0 atom stereocenters. The Morgan fingerprint density at radius 3 is 2.20 bits per heavy atom. The molecule has 0 radical (unpaired) electrons. The lowest BCUT2D eigenvalue weighted by Crippen LogP contribution is -2.39. The van der Waals surface area contributed by atoms with Crippen LogP contribution in [0.1, 0.15) is 39.2 Å². The van der Waals surface area contributed by atoms with Gasteiger partial charge >= 0.3 is 0 Å². The number of anilines is 1. The quantitative estimate of drug-likeness (QED) is 0.197. The number of sulfonamides is 1. The Labute approximate surface area is 241 Å². The number of hydrogen-bond donors (Lipinski definition) is 1. The summed E-state index contributed by atoms with van der Waals surface area (Å²) in [4.78, 5) is 13.1. The van der Waals surface area contributed by atoms with Crippen LogP contribution in [0.4, 0.5) is 5.69 Å². The van der Waals surface area contributed by atoms with Crippen LogP contribution in [-0.4, -0.2) is 31.7 Å². The minimum atomic E-state index is -4.06. The molecule has 3 aromatic carbocycles. The van der Waals surface area contributed by atoms with Crippen molar-refractivity contribution in [3.63, 3.8) is 0 Å². The molecule has 0 aliphatic rings. The summed E-state index contributed by atoms with van der Waals surface area (Å²) >= 11 is 6.31. The van der Waals surface area contributed by atoms with Crippen molar-refractivity contribution in [3.8, 4) is 5.69 Å². The fourth-order valence-corrected chi connectivity index (χ4v) is 6.24. The number of aryl methyl sites for hydroxylation is 5. The summed E-state index contributed by atoms with van der Waals surface area (Å²) in [6, 6.07) is 19.6. The van der Waals surface area contributed by atoms with E-state index in [1.165, 1.54) is 12.1 Å². The zero-order chi connectivity index (χ0) is 29.2. The number of hydrogen-bond acceptors (Lipinski definition) is 4. The number of nitrogens with one attached hydrogen (secondary N) is 1. The molecule has 4 rings (SSSR count). The molecule has 0 spiro atoms. The minimum absolute atomic E-state index is 0.0741. The van der Waals surface area contributed by atoms with Gasteiger partial charge in [-0.15, -0.1) is 0 Å². The van der Waals surface area contributed by atoms with Crippen LogP contribution in [0.25, 0.3) is 5.69 Å². The van der Waals surface area contributed by atoms with Gasteiger partial charge in [-0.1, -0.05) is 53.6 Å². The van der Waals surface area contributed by atoms with E-state index in [4.69, 9.17) is 11.6 Å². The Balaban J connectivity index is 1.59. The standard InChI is InChI=1S/C31H33ClN4O3S/c1-20-10-14-28(15-11-20)40(38,39)35(27-13-12-21(2)29(32)17-27)19-30(37)34-33-18-26-16-24(5)36(25(26)6)31-22(3)8-7-9-23(31)4/h7-18H,19H2,1-6H3,(H,34,37)/b33-18-. The lowest BCUT2D eigenvalue weighted by atomic mass is 10.1. The first-order valence-corrected chi connectivity index (χ1v) is 14.6. The van der Waals surface area contributed by atoms with Gasteiger partial charge in [0.15, 0.2) is 0 Å². The number of aromatic nitrogens is 1. The molecule has 208 valence electrons. The van der Waals surface area contributed by atoms with Crippen LogP contribution in [-0.2, 0) is 14.8 Å². The van der Waals surface area contributed by atoms with E-state index in [9.17, 15) is 13.2 Å². The molecule has 0 fully saturated rings. The van der Waals surface area contributed by atoms with Crippen LogP contribution in [0.2, 0.25) is 5.02 Å². The summed E-state index contributed by atoms with van der Waals surface area (Å²) in [5.41, 5.74) is 10.8. The molecule has 0 aliphatic heterocycles. The highest BCUT2D eigenvalue weighted by molar-refractivity contribution is 7.92. The topological polar surface area (TPSA) is 83.8 Å². The van der Waals surface area contributed by atoms with Crippen LogP contribution in [0.15, 0.2) is 76.7 Å². The molecule has 4 aromatic rings. The van der Waals surface area contributed by atoms with Crippen molar-refractivity contribution in [1.29, 1.82) is 0 Å². The lowest BCUT2D eigenvalue weighted by Gasteiger charge is -2.24. The monoisotopic (exact) mass is 576 g/mol. The van der Waals surface area contributed by atoms with Crippen molar-refractivity contribution in [3.05, 3.63) is 111 Å². The zero-order valence-electron chi connectivity index (χ0n) is 23.5. The van der Waals surface area contributed by atoms with Gasteiger partial charge in [-0.25, -0.2) is 13.8 Å². The second-order valence-corrected chi connectivity index (χ2v) is 12.2. The summed E-state index contributed by atoms with van der Waals surface area (Å²) in [6.45, 7) is 11.4. The number of benzene rings is 3. The van der Waals surface area contributed by atoms with E-state index in [-0.39, 0.29) is 10.6 Å². The van der Waals surface area contributed by atoms with Gasteiger partial charge in [0, 0.05) is 22.0 Å². The Hall–Kier alpha value is -3.88. The second kappa shape index (κ2) is 11.7. The number of rotatable bonds is 8. The molecular formula is C31H33ClN4O3S. The van der Waals surface area contributed by atoms with Crippen LogP contribution in [0.5, 0.6) is 0 Å². The normalized spacial score (nSPS) is 11.7.